The third-order valence-electron chi connectivity index (χ3n) is 3.24. The first-order valence-electron chi connectivity index (χ1n) is 6.81. The van der Waals surface area contributed by atoms with E-state index >= 15 is 0 Å². The van der Waals surface area contributed by atoms with Crippen LogP contribution in [-0.4, -0.2) is 47.9 Å². The van der Waals surface area contributed by atoms with Crippen molar-refractivity contribution in [1.29, 1.82) is 0 Å². The monoisotopic (exact) mass is 283 g/mol. The number of nitrogens with one attached hydrogen (secondary N) is 2. The van der Waals surface area contributed by atoms with Gasteiger partial charge in [0.05, 0.1) is 0 Å². The molecule has 1 rings (SSSR count). The molecule has 0 aromatic rings. The molecule has 7 nitrogen and oxygen atoms in total. The lowest BCUT2D eigenvalue weighted by atomic mass is 10.0. The highest BCUT2D eigenvalue weighted by atomic mass is 16.2. The summed E-state index contributed by atoms with van der Waals surface area (Å²) in [6.07, 6.45) is 1.34. The quantitative estimate of drug-likeness (QED) is 0.620. The zero-order chi connectivity index (χ0) is 15.3. The van der Waals surface area contributed by atoms with Crippen LogP contribution < -0.4 is 16.4 Å². The summed E-state index contributed by atoms with van der Waals surface area (Å²) in [5, 5.41) is 5.60. The molecule has 7 heteroatoms. The number of hydrogen-bond donors (Lipinski definition) is 3. The first kappa shape index (κ1) is 16.3. The Kier molecular flexibility index (Phi) is 5.79. The van der Waals surface area contributed by atoms with E-state index in [4.69, 9.17) is 5.73 Å². The minimum atomic E-state index is -0.712. The van der Waals surface area contributed by atoms with Gasteiger partial charge in [0.1, 0.15) is 5.92 Å². The molecule has 1 radical (unpaired) electrons. The fourth-order valence-corrected chi connectivity index (χ4v) is 1.97. The summed E-state index contributed by atoms with van der Waals surface area (Å²) in [6.45, 7) is 6.39. The van der Waals surface area contributed by atoms with Gasteiger partial charge in [0, 0.05) is 25.2 Å². The second-order valence-corrected chi connectivity index (χ2v) is 5.33. The molecule has 0 atom stereocenters. The molecule has 1 aliphatic rings. The molecule has 0 unspecified atom stereocenters. The van der Waals surface area contributed by atoms with E-state index in [1.54, 1.807) is 4.90 Å². The average molecular weight is 283 g/mol. The van der Waals surface area contributed by atoms with Gasteiger partial charge in [-0.1, -0.05) is 0 Å². The molecule has 0 bridgehead atoms. The largest absolute Gasteiger partial charge is 0.369 e. The van der Waals surface area contributed by atoms with Crippen molar-refractivity contribution in [2.75, 3.05) is 13.1 Å². The van der Waals surface area contributed by atoms with Gasteiger partial charge in [-0.3, -0.25) is 9.59 Å². The number of likely N-dealkylation sites (tertiary alicyclic amines) is 1. The van der Waals surface area contributed by atoms with Crippen LogP contribution in [0.15, 0.2) is 0 Å². The Hall–Kier alpha value is -1.79. The van der Waals surface area contributed by atoms with Crippen molar-refractivity contribution in [2.45, 2.75) is 45.7 Å². The van der Waals surface area contributed by atoms with E-state index in [0.29, 0.717) is 25.9 Å². The van der Waals surface area contributed by atoms with E-state index in [2.05, 4.69) is 10.6 Å². The first-order valence-corrected chi connectivity index (χ1v) is 6.81. The molecule has 1 fully saturated rings. The molecule has 113 valence electrons. The lowest BCUT2D eigenvalue weighted by Crippen LogP contribution is -2.51. The van der Waals surface area contributed by atoms with Gasteiger partial charge in [-0.25, -0.2) is 4.79 Å². The van der Waals surface area contributed by atoms with Crippen LogP contribution in [0.3, 0.4) is 0 Å². The van der Waals surface area contributed by atoms with Crippen molar-refractivity contribution in [2.24, 2.45) is 5.73 Å². The number of rotatable bonds is 4. The molecule has 4 amide bonds. The van der Waals surface area contributed by atoms with E-state index in [1.807, 2.05) is 13.8 Å². The number of nitrogens with zero attached hydrogens (tertiary/aromatic N) is 1. The fraction of sp³-hybridized carbons (Fsp3) is 0.692. The summed E-state index contributed by atoms with van der Waals surface area (Å²) in [6, 6.07) is -0.00250. The predicted octanol–water partition coefficient (Wildman–Crippen LogP) is -0.235. The Morgan fingerprint density at radius 1 is 1.20 bits per heavy atom. The van der Waals surface area contributed by atoms with E-state index < -0.39 is 11.8 Å². The van der Waals surface area contributed by atoms with Crippen molar-refractivity contribution in [3.05, 3.63) is 5.92 Å². The summed E-state index contributed by atoms with van der Waals surface area (Å²) in [4.78, 5) is 36.1. The predicted molar refractivity (Wildman–Crippen MR) is 74.5 cm³/mol. The van der Waals surface area contributed by atoms with E-state index in [1.165, 1.54) is 6.92 Å². The maximum absolute atomic E-state index is 11.8. The van der Waals surface area contributed by atoms with Crippen LogP contribution in [0.5, 0.6) is 0 Å². The number of nitrogens with two attached hydrogens (primary N) is 1. The van der Waals surface area contributed by atoms with Gasteiger partial charge < -0.3 is 21.3 Å². The maximum Gasteiger partial charge on any atom is 0.317 e. The number of carbonyl (C=O) groups excluding carboxylic acids is 3. The summed E-state index contributed by atoms with van der Waals surface area (Å²) >= 11 is 0. The Balaban J connectivity index is 2.37. The topological polar surface area (TPSA) is 105 Å². The number of primary amides is 1. The van der Waals surface area contributed by atoms with Gasteiger partial charge in [0.15, 0.2) is 0 Å². The van der Waals surface area contributed by atoms with Gasteiger partial charge in [-0.15, -0.1) is 0 Å². The molecule has 1 heterocycles. The molecule has 0 aromatic carbocycles. The Morgan fingerprint density at radius 3 is 2.20 bits per heavy atom. The fourth-order valence-electron chi connectivity index (χ4n) is 1.97. The lowest BCUT2D eigenvalue weighted by molar-refractivity contribution is -0.125. The second kappa shape index (κ2) is 7.12. The van der Waals surface area contributed by atoms with Crippen LogP contribution in [0, 0.1) is 5.92 Å². The minimum absolute atomic E-state index is 0.00461. The van der Waals surface area contributed by atoms with Gasteiger partial charge in [0.2, 0.25) is 11.8 Å². The third kappa shape index (κ3) is 4.71. The molecule has 1 aliphatic heterocycles. The molecular weight excluding hydrogens is 260 g/mol. The number of hydrogen-bond acceptors (Lipinski definition) is 3. The zero-order valence-electron chi connectivity index (χ0n) is 12.2. The van der Waals surface area contributed by atoms with Crippen LogP contribution >= 0.6 is 0 Å². The highest BCUT2D eigenvalue weighted by Gasteiger charge is 2.27. The second-order valence-electron chi connectivity index (χ2n) is 5.33. The van der Waals surface area contributed by atoms with Gasteiger partial charge in [-0.05, 0) is 33.6 Å². The van der Waals surface area contributed by atoms with E-state index in [9.17, 15) is 14.4 Å². The van der Waals surface area contributed by atoms with Crippen LogP contribution in [0.2, 0.25) is 0 Å². The number of carbonyl (C=O) groups is 3. The smallest absolute Gasteiger partial charge is 0.317 e. The Morgan fingerprint density at radius 2 is 1.75 bits per heavy atom. The van der Waals surface area contributed by atoms with Crippen molar-refractivity contribution in [3.63, 3.8) is 0 Å². The SMILES string of the molecule is C[C](C(N)=O)C(=O)NC1CCN(C(=O)NC(C)C)CC1. The van der Waals surface area contributed by atoms with Crippen molar-refractivity contribution < 1.29 is 14.4 Å². The molecular formula is C13H23N4O3. The first-order chi connectivity index (χ1) is 9.31. The highest BCUT2D eigenvalue weighted by Crippen LogP contribution is 2.11. The van der Waals surface area contributed by atoms with Crippen LogP contribution in [-0.2, 0) is 9.59 Å². The summed E-state index contributed by atoms with van der Waals surface area (Å²) in [7, 11) is 0. The Labute approximate surface area is 119 Å². The van der Waals surface area contributed by atoms with Crippen LogP contribution in [0.1, 0.15) is 33.6 Å². The zero-order valence-corrected chi connectivity index (χ0v) is 12.2. The molecule has 0 aliphatic carbocycles. The number of piperidine rings is 1. The van der Waals surface area contributed by atoms with Crippen LogP contribution in [0.4, 0.5) is 4.79 Å². The molecule has 4 N–H and O–H groups in total. The number of amides is 4. The minimum Gasteiger partial charge on any atom is -0.369 e. The highest BCUT2D eigenvalue weighted by molar-refractivity contribution is 6.13. The van der Waals surface area contributed by atoms with Crippen molar-refractivity contribution in [1.82, 2.24) is 15.5 Å². The van der Waals surface area contributed by atoms with Crippen molar-refractivity contribution in [3.8, 4) is 0 Å². The van der Waals surface area contributed by atoms with Crippen LogP contribution in [0.25, 0.3) is 0 Å². The molecule has 0 aromatic heterocycles. The third-order valence-corrected chi connectivity index (χ3v) is 3.24. The Bertz CT molecular complexity index is 376. The summed E-state index contributed by atoms with van der Waals surface area (Å²) in [5.41, 5.74) is 5.05. The standard InChI is InChI=1S/C13H23N4O3/c1-8(2)15-13(20)17-6-4-10(5-7-17)16-12(19)9(3)11(14)18/h8,10H,4-7H2,1-3H3,(H2,14,18)(H,15,20)(H,16,19). The van der Waals surface area contributed by atoms with E-state index in [-0.39, 0.29) is 24.0 Å². The summed E-state index contributed by atoms with van der Waals surface area (Å²) < 4.78 is 0. The van der Waals surface area contributed by atoms with E-state index in [0.717, 1.165) is 0 Å². The molecule has 0 spiro atoms. The molecule has 0 saturated carbocycles. The van der Waals surface area contributed by atoms with Gasteiger partial charge in [-0.2, -0.15) is 0 Å². The average Bonchev–Trinajstić information content (AvgIpc) is 2.37. The molecule has 1 saturated heterocycles. The van der Waals surface area contributed by atoms with Gasteiger partial charge >= 0.3 is 6.03 Å². The maximum atomic E-state index is 11.8. The normalized spacial score (nSPS) is 16.4. The lowest BCUT2D eigenvalue weighted by Gasteiger charge is -2.33. The number of urea groups is 1. The molecule has 20 heavy (non-hydrogen) atoms. The van der Waals surface area contributed by atoms with Gasteiger partial charge in [0.25, 0.3) is 0 Å². The van der Waals surface area contributed by atoms with Crippen molar-refractivity contribution >= 4 is 17.8 Å². The summed E-state index contributed by atoms with van der Waals surface area (Å²) in [5.74, 6) is -1.14.